The lowest BCUT2D eigenvalue weighted by molar-refractivity contribution is 0.00578. The molecule has 1 fully saturated rings. The molecular weight excluding hydrogens is 234 g/mol. The van der Waals surface area contributed by atoms with E-state index in [0.717, 1.165) is 16.0 Å². The van der Waals surface area contributed by atoms with Crippen molar-refractivity contribution in [3.05, 3.63) is 28.8 Å². The van der Waals surface area contributed by atoms with Gasteiger partial charge in [0.1, 0.15) is 0 Å². The number of benzene rings is 1. The van der Waals surface area contributed by atoms with Gasteiger partial charge in [-0.25, -0.2) is 0 Å². The van der Waals surface area contributed by atoms with Crippen molar-refractivity contribution in [2.45, 2.75) is 45.8 Å². The lowest BCUT2D eigenvalue weighted by atomic mass is 9.76. The Kier molecular flexibility index (Phi) is 3.05. The molecule has 2 nitrogen and oxygen atoms in total. The molecule has 1 aromatic rings. The molecule has 0 atom stereocenters. The van der Waals surface area contributed by atoms with Gasteiger partial charge in [0, 0.05) is 5.02 Å². The Morgan fingerprint density at radius 1 is 1.06 bits per heavy atom. The van der Waals surface area contributed by atoms with Gasteiger partial charge in [0.25, 0.3) is 0 Å². The van der Waals surface area contributed by atoms with E-state index in [0.29, 0.717) is 0 Å². The highest BCUT2D eigenvalue weighted by atomic mass is 35.5. The van der Waals surface area contributed by atoms with Gasteiger partial charge in [-0.15, -0.1) is 0 Å². The summed E-state index contributed by atoms with van der Waals surface area (Å²) in [4.78, 5) is 0. The summed E-state index contributed by atoms with van der Waals surface area (Å²) in [5, 5.41) is 0.739. The number of hydrogen-bond donors (Lipinski definition) is 0. The Hall–Kier alpha value is -0.505. The molecule has 1 heterocycles. The first-order valence-electron chi connectivity index (χ1n) is 5.85. The molecule has 0 spiro atoms. The van der Waals surface area contributed by atoms with Crippen molar-refractivity contribution in [2.75, 3.05) is 0 Å². The van der Waals surface area contributed by atoms with Gasteiger partial charge >= 0.3 is 7.12 Å². The first kappa shape index (κ1) is 12.9. The van der Waals surface area contributed by atoms with Crippen molar-refractivity contribution in [3.63, 3.8) is 0 Å². The summed E-state index contributed by atoms with van der Waals surface area (Å²) in [5.41, 5.74) is 1.54. The standard InChI is InChI=1S/C13H18BClO2/c1-9-8-10(15)6-7-11(9)14-16-12(2,3)13(4,5)17-14/h6-8H,1-5H3. The molecule has 2 rings (SSSR count). The molecule has 0 N–H and O–H groups in total. The van der Waals surface area contributed by atoms with E-state index in [4.69, 9.17) is 20.9 Å². The zero-order valence-electron chi connectivity index (χ0n) is 11.0. The van der Waals surface area contributed by atoms with E-state index in [1.54, 1.807) is 0 Å². The zero-order chi connectivity index (χ0) is 12.8. The lowest BCUT2D eigenvalue weighted by Crippen LogP contribution is -2.41. The van der Waals surface area contributed by atoms with Gasteiger partial charge in [-0.3, -0.25) is 0 Å². The minimum atomic E-state index is -0.308. The van der Waals surface area contributed by atoms with E-state index in [1.165, 1.54) is 0 Å². The summed E-state index contributed by atoms with van der Waals surface area (Å²) in [7, 11) is -0.308. The van der Waals surface area contributed by atoms with Gasteiger partial charge in [-0.1, -0.05) is 17.7 Å². The van der Waals surface area contributed by atoms with Gasteiger partial charge in [0.05, 0.1) is 11.2 Å². The molecule has 0 saturated carbocycles. The predicted octanol–water partition coefficient (Wildman–Crippen LogP) is 2.95. The third kappa shape index (κ3) is 2.24. The number of halogens is 1. The van der Waals surface area contributed by atoms with Crippen LogP contribution in [0.25, 0.3) is 0 Å². The van der Waals surface area contributed by atoms with Crippen molar-refractivity contribution in [2.24, 2.45) is 0 Å². The minimum absolute atomic E-state index is 0.302. The third-order valence-corrected chi connectivity index (χ3v) is 3.97. The predicted molar refractivity (Wildman–Crippen MR) is 71.9 cm³/mol. The van der Waals surface area contributed by atoms with Gasteiger partial charge in [0.2, 0.25) is 0 Å². The maximum atomic E-state index is 6.01. The average molecular weight is 253 g/mol. The molecule has 0 bridgehead atoms. The fraction of sp³-hybridized carbons (Fsp3) is 0.538. The topological polar surface area (TPSA) is 18.5 Å². The molecule has 0 aromatic heterocycles. The van der Waals surface area contributed by atoms with E-state index in [-0.39, 0.29) is 18.3 Å². The summed E-state index contributed by atoms with van der Waals surface area (Å²) in [6, 6.07) is 5.77. The monoisotopic (exact) mass is 252 g/mol. The molecule has 1 aliphatic heterocycles. The minimum Gasteiger partial charge on any atom is -0.399 e. The molecule has 1 saturated heterocycles. The second-order valence-electron chi connectivity index (χ2n) is 5.59. The van der Waals surface area contributed by atoms with Crippen LogP contribution < -0.4 is 5.46 Å². The van der Waals surface area contributed by atoms with Crippen LogP contribution in [0.5, 0.6) is 0 Å². The molecule has 1 aliphatic rings. The molecule has 0 aliphatic carbocycles. The van der Waals surface area contributed by atoms with E-state index < -0.39 is 0 Å². The zero-order valence-corrected chi connectivity index (χ0v) is 11.8. The van der Waals surface area contributed by atoms with E-state index >= 15 is 0 Å². The van der Waals surface area contributed by atoms with Crippen molar-refractivity contribution < 1.29 is 9.31 Å². The van der Waals surface area contributed by atoms with E-state index in [9.17, 15) is 0 Å². The second-order valence-corrected chi connectivity index (χ2v) is 6.03. The van der Waals surface area contributed by atoms with Crippen molar-refractivity contribution in [1.29, 1.82) is 0 Å². The van der Waals surface area contributed by atoms with E-state index in [2.05, 4.69) is 27.7 Å². The average Bonchev–Trinajstić information content (AvgIpc) is 2.35. The fourth-order valence-corrected chi connectivity index (χ4v) is 2.10. The van der Waals surface area contributed by atoms with Gasteiger partial charge in [0.15, 0.2) is 0 Å². The Balaban J connectivity index is 2.32. The summed E-state index contributed by atoms with van der Waals surface area (Å²) < 4.78 is 12.0. The molecule has 92 valence electrons. The van der Waals surface area contributed by atoms with Gasteiger partial charge < -0.3 is 9.31 Å². The quantitative estimate of drug-likeness (QED) is 0.716. The van der Waals surface area contributed by atoms with E-state index in [1.807, 2.05) is 25.1 Å². The third-order valence-electron chi connectivity index (χ3n) is 3.74. The smallest absolute Gasteiger partial charge is 0.399 e. The van der Waals surface area contributed by atoms with Crippen LogP contribution in [0.4, 0.5) is 0 Å². The van der Waals surface area contributed by atoms with Gasteiger partial charge in [-0.05, 0) is 57.8 Å². The van der Waals surface area contributed by atoms with Crippen LogP contribution in [-0.2, 0) is 9.31 Å². The molecule has 17 heavy (non-hydrogen) atoms. The summed E-state index contributed by atoms with van der Waals surface area (Å²) in [5.74, 6) is 0. The van der Waals surface area contributed by atoms with Crippen LogP contribution in [0.2, 0.25) is 5.02 Å². The lowest BCUT2D eigenvalue weighted by Gasteiger charge is -2.32. The highest BCUT2D eigenvalue weighted by Gasteiger charge is 2.51. The number of aryl methyl sites for hydroxylation is 1. The molecule has 0 unspecified atom stereocenters. The summed E-state index contributed by atoms with van der Waals surface area (Å²) >= 11 is 5.95. The second kappa shape index (κ2) is 4.01. The largest absolute Gasteiger partial charge is 0.495 e. The Morgan fingerprint density at radius 2 is 1.59 bits per heavy atom. The summed E-state index contributed by atoms with van der Waals surface area (Å²) in [6.45, 7) is 10.2. The fourth-order valence-electron chi connectivity index (χ4n) is 1.87. The highest BCUT2D eigenvalue weighted by Crippen LogP contribution is 2.36. The molecule has 1 aromatic carbocycles. The van der Waals surface area contributed by atoms with Crippen molar-refractivity contribution in [1.82, 2.24) is 0 Å². The van der Waals surface area contributed by atoms with Crippen LogP contribution in [0.15, 0.2) is 18.2 Å². The van der Waals surface area contributed by atoms with Crippen LogP contribution in [0.3, 0.4) is 0 Å². The maximum absolute atomic E-state index is 6.01. The van der Waals surface area contributed by atoms with Crippen LogP contribution in [0, 0.1) is 6.92 Å². The molecule has 4 heteroatoms. The number of rotatable bonds is 1. The molecular formula is C13H18BClO2. The van der Waals surface area contributed by atoms with Crippen LogP contribution in [-0.4, -0.2) is 18.3 Å². The van der Waals surface area contributed by atoms with Crippen LogP contribution in [0.1, 0.15) is 33.3 Å². The SMILES string of the molecule is Cc1cc(Cl)ccc1B1OC(C)(C)C(C)(C)O1. The first-order valence-corrected chi connectivity index (χ1v) is 6.22. The normalized spacial score (nSPS) is 21.9. The van der Waals surface area contributed by atoms with Crippen molar-refractivity contribution in [3.8, 4) is 0 Å². The highest BCUT2D eigenvalue weighted by molar-refractivity contribution is 6.62. The Bertz CT molecular complexity index is 427. The van der Waals surface area contributed by atoms with Gasteiger partial charge in [-0.2, -0.15) is 0 Å². The van der Waals surface area contributed by atoms with Crippen LogP contribution >= 0.6 is 11.6 Å². The Morgan fingerprint density at radius 3 is 2.06 bits per heavy atom. The first-order chi connectivity index (χ1) is 7.73. The molecule has 0 radical (unpaired) electrons. The summed E-state index contributed by atoms with van der Waals surface area (Å²) in [6.07, 6.45) is 0. The van der Waals surface area contributed by atoms with Crippen molar-refractivity contribution >= 4 is 24.2 Å². The number of hydrogen-bond acceptors (Lipinski definition) is 2. The Labute approximate surface area is 108 Å². The molecule has 0 amide bonds. The maximum Gasteiger partial charge on any atom is 0.495 e.